The molecule has 0 aromatic heterocycles. The molecule has 0 unspecified atom stereocenters. The van der Waals surface area contributed by atoms with E-state index in [4.69, 9.17) is 5.73 Å². The molecule has 0 saturated carbocycles. The Labute approximate surface area is 87.3 Å². The van der Waals surface area contributed by atoms with Gasteiger partial charge in [-0.15, -0.1) is 0 Å². The van der Waals surface area contributed by atoms with Gasteiger partial charge in [-0.1, -0.05) is 0 Å². The average Bonchev–Trinajstić information content (AvgIpc) is 2.39. The summed E-state index contributed by atoms with van der Waals surface area (Å²) in [6, 6.07) is 3.66. The predicted octanol–water partition coefficient (Wildman–Crippen LogP) is 1.30. The highest BCUT2D eigenvalue weighted by Crippen LogP contribution is 2.34. The first kappa shape index (κ1) is 10.3. The third-order valence-corrected chi connectivity index (χ3v) is 4.28. The lowest BCUT2D eigenvalue weighted by Crippen LogP contribution is -2.06. The van der Waals surface area contributed by atoms with Crippen LogP contribution < -0.4 is 5.73 Å². The van der Waals surface area contributed by atoms with E-state index in [-0.39, 0.29) is 16.3 Å². The second-order valence-corrected chi connectivity index (χ2v) is 5.31. The van der Waals surface area contributed by atoms with Gasteiger partial charge >= 0.3 is 0 Å². The van der Waals surface area contributed by atoms with Gasteiger partial charge in [-0.05, 0) is 42.8 Å². The zero-order valence-corrected chi connectivity index (χ0v) is 8.72. The summed E-state index contributed by atoms with van der Waals surface area (Å²) in [4.78, 5) is 0.443. The summed E-state index contributed by atoms with van der Waals surface area (Å²) in [7, 11) is -3.41. The second kappa shape index (κ2) is 3.43. The fraction of sp³-hybridized carbons (Fsp3) is 0.200. The summed E-state index contributed by atoms with van der Waals surface area (Å²) in [5.74, 6) is -0.436. The van der Waals surface area contributed by atoms with Crippen LogP contribution in [0.15, 0.2) is 28.0 Å². The smallest absolute Gasteiger partial charge is 0.203 e. The van der Waals surface area contributed by atoms with E-state index in [1.807, 2.05) is 0 Å². The van der Waals surface area contributed by atoms with Gasteiger partial charge in [0, 0.05) is 0 Å². The Kier molecular flexibility index (Phi) is 2.36. The molecular weight excluding hydrogens is 217 g/mol. The molecule has 15 heavy (non-hydrogen) atoms. The third-order valence-electron chi connectivity index (χ3n) is 2.31. The standard InChI is InChI=1S/C10H10FNO2S/c11-8-1-2-10-7(5-8)6-9(3-4-12)15(10,13)14/h1-2,5-6H,3-4,12H2. The molecule has 0 radical (unpaired) electrons. The first-order valence-corrected chi connectivity index (χ1v) is 5.99. The molecule has 1 aliphatic heterocycles. The number of fused-ring (bicyclic) bond motifs is 1. The minimum atomic E-state index is -3.41. The van der Waals surface area contributed by atoms with E-state index in [0.29, 0.717) is 12.0 Å². The van der Waals surface area contributed by atoms with Crippen molar-refractivity contribution in [3.63, 3.8) is 0 Å². The number of sulfone groups is 1. The molecule has 0 amide bonds. The van der Waals surface area contributed by atoms with Crippen molar-refractivity contribution in [3.05, 3.63) is 34.5 Å². The summed E-state index contributed by atoms with van der Waals surface area (Å²) in [6.45, 7) is 0.265. The van der Waals surface area contributed by atoms with E-state index >= 15 is 0 Å². The Morgan fingerprint density at radius 1 is 1.33 bits per heavy atom. The SMILES string of the molecule is NCCC1=Cc2cc(F)ccc2S1(=O)=O. The van der Waals surface area contributed by atoms with Crippen LogP contribution in [0.25, 0.3) is 6.08 Å². The topological polar surface area (TPSA) is 60.2 Å². The zero-order chi connectivity index (χ0) is 11.1. The molecule has 5 heteroatoms. The molecule has 0 spiro atoms. The van der Waals surface area contributed by atoms with Crippen molar-refractivity contribution < 1.29 is 12.8 Å². The van der Waals surface area contributed by atoms with Crippen molar-refractivity contribution >= 4 is 15.9 Å². The average molecular weight is 227 g/mol. The Morgan fingerprint density at radius 2 is 2.07 bits per heavy atom. The highest BCUT2D eigenvalue weighted by Gasteiger charge is 2.28. The van der Waals surface area contributed by atoms with Crippen molar-refractivity contribution in [3.8, 4) is 0 Å². The van der Waals surface area contributed by atoms with Crippen LogP contribution in [0.1, 0.15) is 12.0 Å². The molecule has 0 bridgehead atoms. The molecule has 0 saturated heterocycles. The maximum absolute atomic E-state index is 12.9. The summed E-state index contributed by atoms with van der Waals surface area (Å²) < 4.78 is 36.6. The number of halogens is 1. The highest BCUT2D eigenvalue weighted by molar-refractivity contribution is 7.95. The van der Waals surface area contributed by atoms with E-state index in [9.17, 15) is 12.8 Å². The minimum absolute atomic E-state index is 0.173. The maximum Gasteiger partial charge on any atom is 0.203 e. The van der Waals surface area contributed by atoms with Gasteiger partial charge in [-0.3, -0.25) is 0 Å². The number of rotatable bonds is 2. The molecule has 1 heterocycles. The van der Waals surface area contributed by atoms with Crippen LogP contribution in [0.4, 0.5) is 4.39 Å². The molecule has 1 aromatic rings. The normalized spacial score (nSPS) is 17.3. The van der Waals surface area contributed by atoms with Gasteiger partial charge in [0.25, 0.3) is 0 Å². The van der Waals surface area contributed by atoms with Gasteiger partial charge in [0.2, 0.25) is 9.84 Å². The molecule has 1 aromatic carbocycles. The van der Waals surface area contributed by atoms with E-state index in [1.165, 1.54) is 18.2 Å². The third kappa shape index (κ3) is 1.57. The highest BCUT2D eigenvalue weighted by atomic mass is 32.2. The first-order chi connectivity index (χ1) is 7.05. The van der Waals surface area contributed by atoms with Gasteiger partial charge < -0.3 is 5.73 Å². The van der Waals surface area contributed by atoms with Crippen molar-refractivity contribution in [1.29, 1.82) is 0 Å². The van der Waals surface area contributed by atoms with Crippen molar-refractivity contribution in [2.45, 2.75) is 11.3 Å². The lowest BCUT2D eigenvalue weighted by Gasteiger charge is -2.01. The van der Waals surface area contributed by atoms with Crippen molar-refractivity contribution in [2.75, 3.05) is 6.54 Å². The summed E-state index contributed by atoms with van der Waals surface area (Å²) >= 11 is 0. The minimum Gasteiger partial charge on any atom is -0.330 e. The van der Waals surface area contributed by atoms with E-state index < -0.39 is 15.7 Å². The van der Waals surface area contributed by atoms with Crippen LogP contribution >= 0.6 is 0 Å². The fourth-order valence-electron chi connectivity index (χ4n) is 1.62. The Morgan fingerprint density at radius 3 is 2.73 bits per heavy atom. The maximum atomic E-state index is 12.9. The fourth-order valence-corrected chi connectivity index (χ4v) is 3.24. The van der Waals surface area contributed by atoms with Gasteiger partial charge in [-0.25, -0.2) is 12.8 Å². The van der Waals surface area contributed by atoms with Crippen LogP contribution in [-0.4, -0.2) is 15.0 Å². The quantitative estimate of drug-likeness (QED) is 0.775. The molecule has 1 aliphatic rings. The number of nitrogens with two attached hydrogens (primary N) is 1. The largest absolute Gasteiger partial charge is 0.330 e. The predicted molar refractivity (Wildman–Crippen MR) is 55.2 cm³/mol. The van der Waals surface area contributed by atoms with Crippen LogP contribution in [-0.2, 0) is 9.84 Å². The summed E-state index contributed by atoms with van der Waals surface area (Å²) in [5, 5.41) is 0. The van der Waals surface area contributed by atoms with Crippen molar-refractivity contribution in [2.24, 2.45) is 5.73 Å². The van der Waals surface area contributed by atoms with Gasteiger partial charge in [-0.2, -0.15) is 0 Å². The molecule has 0 atom stereocenters. The van der Waals surface area contributed by atoms with Gasteiger partial charge in [0.15, 0.2) is 0 Å². The molecule has 80 valence electrons. The van der Waals surface area contributed by atoms with Gasteiger partial charge in [0.05, 0.1) is 9.80 Å². The van der Waals surface area contributed by atoms with Gasteiger partial charge in [0.1, 0.15) is 5.82 Å². The van der Waals surface area contributed by atoms with E-state index in [1.54, 1.807) is 0 Å². The monoisotopic (exact) mass is 227 g/mol. The number of hydrogen-bond acceptors (Lipinski definition) is 3. The van der Waals surface area contributed by atoms with Crippen molar-refractivity contribution in [1.82, 2.24) is 0 Å². The number of benzene rings is 1. The zero-order valence-electron chi connectivity index (χ0n) is 7.90. The van der Waals surface area contributed by atoms with E-state index in [2.05, 4.69) is 0 Å². The first-order valence-electron chi connectivity index (χ1n) is 4.51. The molecular formula is C10H10FNO2S. The van der Waals surface area contributed by atoms with E-state index in [0.717, 1.165) is 6.07 Å². The van der Waals surface area contributed by atoms with Crippen LogP contribution in [0.5, 0.6) is 0 Å². The Balaban J connectivity index is 2.58. The Bertz CT molecular complexity index is 534. The van der Waals surface area contributed by atoms with Crippen LogP contribution in [0.3, 0.4) is 0 Å². The lowest BCUT2D eigenvalue weighted by molar-refractivity contribution is 0.600. The number of hydrogen-bond donors (Lipinski definition) is 1. The lowest BCUT2D eigenvalue weighted by atomic mass is 10.2. The molecule has 2 rings (SSSR count). The molecule has 3 nitrogen and oxygen atoms in total. The molecule has 0 aliphatic carbocycles. The molecule has 2 N–H and O–H groups in total. The van der Waals surface area contributed by atoms with Crippen LogP contribution in [0, 0.1) is 5.82 Å². The Hall–Kier alpha value is -1.20. The summed E-state index contributed by atoms with van der Waals surface area (Å²) in [5.41, 5.74) is 5.73. The second-order valence-electron chi connectivity index (χ2n) is 3.33. The van der Waals surface area contributed by atoms with Crippen LogP contribution in [0.2, 0.25) is 0 Å². The molecule has 0 fully saturated rings. The summed E-state index contributed by atoms with van der Waals surface area (Å²) in [6.07, 6.45) is 1.78.